The molecule has 24 heavy (non-hydrogen) atoms. The summed E-state index contributed by atoms with van der Waals surface area (Å²) in [5.74, 6) is 1.01. The van der Waals surface area contributed by atoms with Crippen molar-refractivity contribution >= 4 is 46.4 Å². The van der Waals surface area contributed by atoms with Gasteiger partial charge in [-0.15, -0.1) is 35.3 Å². The van der Waals surface area contributed by atoms with Gasteiger partial charge in [-0.2, -0.15) is 0 Å². The number of nitrogens with one attached hydrogen (secondary N) is 1. The van der Waals surface area contributed by atoms with E-state index in [-0.39, 0.29) is 24.0 Å². The van der Waals surface area contributed by atoms with Crippen LogP contribution in [0.2, 0.25) is 0 Å². The van der Waals surface area contributed by atoms with Gasteiger partial charge in [0.25, 0.3) is 0 Å². The zero-order chi connectivity index (χ0) is 16.9. The molecule has 1 aromatic rings. The molecule has 1 aliphatic heterocycles. The van der Waals surface area contributed by atoms with Crippen molar-refractivity contribution in [3.8, 4) is 0 Å². The lowest BCUT2D eigenvalue weighted by atomic mass is 9.78. The van der Waals surface area contributed by atoms with Gasteiger partial charge in [0.05, 0.1) is 12.2 Å². The third kappa shape index (κ3) is 5.75. The summed E-state index contributed by atoms with van der Waals surface area (Å²) in [5, 5.41) is 6.65. The number of aliphatic imine (C=N–C) groups is 1. The van der Waals surface area contributed by atoms with Crippen molar-refractivity contribution in [3.05, 3.63) is 11.1 Å². The fourth-order valence-corrected chi connectivity index (χ4v) is 4.15. The fraction of sp³-hybridized carbons (Fsp3) is 0.765. The molecular formula is C17H32IN5S. The number of anilines is 1. The van der Waals surface area contributed by atoms with Crippen LogP contribution < -0.4 is 10.2 Å². The predicted molar refractivity (Wildman–Crippen MR) is 116 cm³/mol. The van der Waals surface area contributed by atoms with Crippen LogP contribution >= 0.6 is 35.3 Å². The molecule has 1 aromatic heterocycles. The van der Waals surface area contributed by atoms with Crippen LogP contribution in [-0.2, 0) is 6.54 Å². The highest BCUT2D eigenvalue weighted by Crippen LogP contribution is 2.33. The summed E-state index contributed by atoms with van der Waals surface area (Å²) < 4.78 is 0. The van der Waals surface area contributed by atoms with E-state index in [1.807, 2.05) is 26.0 Å². The highest BCUT2D eigenvalue weighted by molar-refractivity contribution is 14.0. The SMILES string of the molecule is CCCC1(C)CCCN(C(=NC)NCc2csc(N(C)C)n2)C1.I. The first-order valence-electron chi connectivity index (χ1n) is 8.55. The van der Waals surface area contributed by atoms with Crippen LogP contribution in [0.5, 0.6) is 0 Å². The first kappa shape index (κ1) is 21.5. The molecule has 0 spiro atoms. The number of hydrogen-bond acceptors (Lipinski definition) is 4. The molecule has 0 bridgehead atoms. The fourth-order valence-electron chi connectivity index (χ4n) is 3.39. The van der Waals surface area contributed by atoms with Crippen LogP contribution in [0.15, 0.2) is 10.4 Å². The summed E-state index contributed by atoms with van der Waals surface area (Å²) in [6.07, 6.45) is 5.12. The van der Waals surface area contributed by atoms with E-state index in [2.05, 4.69) is 39.4 Å². The maximum atomic E-state index is 4.63. The van der Waals surface area contributed by atoms with Gasteiger partial charge in [0, 0.05) is 39.6 Å². The number of aromatic nitrogens is 1. The first-order chi connectivity index (χ1) is 11.0. The molecule has 0 saturated carbocycles. The lowest BCUT2D eigenvalue weighted by molar-refractivity contribution is 0.142. The van der Waals surface area contributed by atoms with Gasteiger partial charge in [-0.1, -0.05) is 20.3 Å². The largest absolute Gasteiger partial charge is 0.354 e. The average molecular weight is 465 g/mol. The minimum atomic E-state index is 0. The summed E-state index contributed by atoms with van der Waals surface area (Å²) in [7, 11) is 5.93. The van der Waals surface area contributed by atoms with E-state index in [1.165, 1.54) is 25.7 Å². The number of rotatable bonds is 5. The van der Waals surface area contributed by atoms with Gasteiger partial charge in [0.1, 0.15) is 0 Å². The van der Waals surface area contributed by atoms with Crippen molar-refractivity contribution in [2.24, 2.45) is 10.4 Å². The normalized spacial score (nSPS) is 21.4. The molecule has 2 rings (SSSR count). The molecule has 0 radical (unpaired) electrons. The van der Waals surface area contributed by atoms with Crippen molar-refractivity contribution in [2.75, 3.05) is 39.1 Å². The smallest absolute Gasteiger partial charge is 0.193 e. The molecule has 2 heterocycles. The van der Waals surface area contributed by atoms with Crippen LogP contribution in [0.25, 0.3) is 0 Å². The highest BCUT2D eigenvalue weighted by atomic mass is 127. The van der Waals surface area contributed by atoms with Gasteiger partial charge >= 0.3 is 0 Å². The zero-order valence-corrected chi connectivity index (χ0v) is 18.8. The summed E-state index contributed by atoms with van der Waals surface area (Å²) in [6, 6.07) is 0. The Balaban J connectivity index is 0.00000288. The molecule has 7 heteroatoms. The molecule has 1 aliphatic rings. The lowest BCUT2D eigenvalue weighted by Crippen LogP contribution is -2.49. The summed E-state index contributed by atoms with van der Waals surface area (Å²) >= 11 is 1.68. The molecule has 0 aliphatic carbocycles. The average Bonchev–Trinajstić information content (AvgIpc) is 2.97. The van der Waals surface area contributed by atoms with E-state index < -0.39 is 0 Å². The highest BCUT2D eigenvalue weighted by Gasteiger charge is 2.31. The number of thiazole rings is 1. The second kappa shape index (κ2) is 9.79. The standard InChI is InChI=1S/C17H31N5S.HI/c1-6-8-17(2)9-7-10-22(13-17)15(18-3)19-11-14-12-23-16(20-14)21(4)5;/h12H,6-11,13H2,1-5H3,(H,18,19);1H. The molecule has 0 amide bonds. The van der Waals surface area contributed by atoms with E-state index in [4.69, 9.17) is 0 Å². The molecule has 1 saturated heterocycles. The molecule has 1 fully saturated rings. The van der Waals surface area contributed by atoms with Gasteiger partial charge in [0.15, 0.2) is 11.1 Å². The number of guanidine groups is 1. The summed E-state index contributed by atoms with van der Waals surface area (Å²) in [5.41, 5.74) is 1.50. The van der Waals surface area contributed by atoms with Gasteiger partial charge in [-0.3, -0.25) is 4.99 Å². The van der Waals surface area contributed by atoms with E-state index in [1.54, 1.807) is 11.3 Å². The van der Waals surface area contributed by atoms with Gasteiger partial charge in [0.2, 0.25) is 0 Å². The molecule has 1 unspecified atom stereocenters. The lowest BCUT2D eigenvalue weighted by Gasteiger charge is -2.42. The Hall–Kier alpha value is -0.570. The van der Waals surface area contributed by atoms with Crippen molar-refractivity contribution in [3.63, 3.8) is 0 Å². The third-order valence-electron chi connectivity index (χ3n) is 4.50. The number of likely N-dealkylation sites (tertiary alicyclic amines) is 1. The van der Waals surface area contributed by atoms with E-state index >= 15 is 0 Å². The second-order valence-corrected chi connectivity index (χ2v) is 7.84. The summed E-state index contributed by atoms with van der Waals surface area (Å²) in [6.45, 7) is 7.62. The number of halogens is 1. The van der Waals surface area contributed by atoms with Crippen LogP contribution in [0.3, 0.4) is 0 Å². The van der Waals surface area contributed by atoms with Gasteiger partial charge < -0.3 is 15.1 Å². The topological polar surface area (TPSA) is 43.8 Å². The molecule has 0 aromatic carbocycles. The maximum Gasteiger partial charge on any atom is 0.193 e. The Morgan fingerprint density at radius 1 is 1.50 bits per heavy atom. The Morgan fingerprint density at radius 2 is 2.25 bits per heavy atom. The number of nitrogens with zero attached hydrogens (tertiary/aromatic N) is 4. The van der Waals surface area contributed by atoms with E-state index in [9.17, 15) is 0 Å². The van der Waals surface area contributed by atoms with E-state index in [0.717, 1.165) is 36.4 Å². The Morgan fingerprint density at radius 3 is 2.83 bits per heavy atom. The molecule has 138 valence electrons. The monoisotopic (exact) mass is 465 g/mol. The van der Waals surface area contributed by atoms with Gasteiger partial charge in [-0.25, -0.2) is 4.98 Å². The Labute approximate surface area is 168 Å². The van der Waals surface area contributed by atoms with Crippen molar-refractivity contribution in [1.29, 1.82) is 0 Å². The van der Waals surface area contributed by atoms with Crippen molar-refractivity contribution in [2.45, 2.75) is 46.1 Å². The molecule has 1 N–H and O–H groups in total. The number of hydrogen-bond donors (Lipinski definition) is 1. The zero-order valence-electron chi connectivity index (χ0n) is 15.6. The van der Waals surface area contributed by atoms with E-state index in [0.29, 0.717) is 5.41 Å². The van der Waals surface area contributed by atoms with Crippen LogP contribution in [-0.4, -0.2) is 50.1 Å². The summed E-state index contributed by atoms with van der Waals surface area (Å²) in [4.78, 5) is 13.6. The van der Waals surface area contributed by atoms with Crippen LogP contribution in [0.1, 0.15) is 45.2 Å². The van der Waals surface area contributed by atoms with Crippen LogP contribution in [0, 0.1) is 5.41 Å². The number of piperidine rings is 1. The Kier molecular flexibility index (Phi) is 8.76. The first-order valence-corrected chi connectivity index (χ1v) is 9.43. The Bertz CT molecular complexity index is 527. The third-order valence-corrected chi connectivity index (χ3v) is 5.55. The second-order valence-electron chi connectivity index (χ2n) is 7.00. The van der Waals surface area contributed by atoms with Crippen LogP contribution in [0.4, 0.5) is 5.13 Å². The van der Waals surface area contributed by atoms with Crippen molar-refractivity contribution in [1.82, 2.24) is 15.2 Å². The van der Waals surface area contributed by atoms with Crippen molar-refractivity contribution < 1.29 is 0 Å². The minimum absolute atomic E-state index is 0. The minimum Gasteiger partial charge on any atom is -0.354 e. The molecule has 1 atom stereocenters. The quantitative estimate of drug-likeness (QED) is 0.408. The molecule has 5 nitrogen and oxygen atoms in total. The maximum absolute atomic E-state index is 4.63. The molecular weight excluding hydrogens is 433 g/mol. The van der Waals surface area contributed by atoms with Gasteiger partial charge in [-0.05, 0) is 24.7 Å². The predicted octanol–water partition coefficient (Wildman–Crippen LogP) is 3.80.